The molecule has 27 heavy (non-hydrogen) atoms. The predicted molar refractivity (Wildman–Crippen MR) is 103 cm³/mol. The number of hydrogen-bond donors (Lipinski definition) is 2. The predicted octanol–water partition coefficient (Wildman–Crippen LogP) is 3.14. The summed E-state index contributed by atoms with van der Waals surface area (Å²) < 4.78 is 11.3. The van der Waals surface area contributed by atoms with Gasteiger partial charge < -0.3 is 19.7 Å². The first-order valence-corrected chi connectivity index (χ1v) is 9.10. The zero-order valence-corrected chi connectivity index (χ0v) is 16.0. The quantitative estimate of drug-likeness (QED) is 0.733. The number of carboxylic acid groups (broad SMARTS) is 2. The first-order chi connectivity index (χ1) is 13.0. The van der Waals surface area contributed by atoms with Crippen molar-refractivity contribution < 1.29 is 29.3 Å². The number of carboxylic acids is 2. The summed E-state index contributed by atoms with van der Waals surface area (Å²) in [5.41, 5.74) is 1.13. The van der Waals surface area contributed by atoms with Crippen LogP contribution in [0.15, 0.2) is 24.3 Å². The van der Waals surface area contributed by atoms with Gasteiger partial charge in [-0.3, -0.25) is 4.90 Å². The number of benzene rings is 1. The molecule has 0 unspecified atom stereocenters. The van der Waals surface area contributed by atoms with E-state index < -0.39 is 11.9 Å². The van der Waals surface area contributed by atoms with Crippen LogP contribution in [-0.2, 0) is 9.59 Å². The number of likely N-dealkylation sites (tertiary alicyclic amines) is 1. The first-order valence-electron chi connectivity index (χ1n) is 9.10. The van der Waals surface area contributed by atoms with Crippen LogP contribution in [0.5, 0.6) is 11.5 Å². The van der Waals surface area contributed by atoms with Gasteiger partial charge in [0.05, 0.1) is 7.11 Å². The Kier molecular flexibility index (Phi) is 10.6. The molecule has 2 N–H and O–H groups in total. The molecule has 150 valence electrons. The standard InChI is InChI=1S/C18H27NO2.C2H2O4/c1-3-8-16-9-10-17(18(15-16)20-2)21-14-13-19-11-6-4-5-7-12-19;3-1(4)2(5)6/h3,8-10,15H,4-7,11-14H2,1-2H3;(H,3,4)(H,5,6)/b8-3+;. The molecule has 0 saturated carbocycles. The lowest BCUT2D eigenvalue weighted by Gasteiger charge is -2.20. The van der Waals surface area contributed by atoms with Gasteiger partial charge in [-0.05, 0) is 50.6 Å². The lowest BCUT2D eigenvalue weighted by molar-refractivity contribution is -0.159. The Hall–Kier alpha value is -2.54. The number of aliphatic carboxylic acids is 2. The van der Waals surface area contributed by atoms with Crippen LogP contribution in [0, 0.1) is 0 Å². The van der Waals surface area contributed by atoms with E-state index in [9.17, 15) is 0 Å². The number of allylic oxidation sites excluding steroid dienone is 1. The fraction of sp³-hybridized carbons (Fsp3) is 0.500. The molecule has 1 heterocycles. The van der Waals surface area contributed by atoms with E-state index in [2.05, 4.69) is 17.0 Å². The van der Waals surface area contributed by atoms with E-state index in [1.807, 2.05) is 25.1 Å². The van der Waals surface area contributed by atoms with Crippen molar-refractivity contribution in [3.63, 3.8) is 0 Å². The Morgan fingerprint density at radius 3 is 2.22 bits per heavy atom. The lowest BCUT2D eigenvalue weighted by atomic mass is 10.2. The third-order valence-electron chi connectivity index (χ3n) is 4.09. The summed E-state index contributed by atoms with van der Waals surface area (Å²) in [7, 11) is 1.69. The van der Waals surface area contributed by atoms with Crippen molar-refractivity contribution in [2.75, 3.05) is 33.4 Å². The maximum Gasteiger partial charge on any atom is 0.414 e. The zero-order valence-electron chi connectivity index (χ0n) is 16.0. The molecular formula is C20H29NO6. The van der Waals surface area contributed by atoms with Crippen molar-refractivity contribution in [2.24, 2.45) is 0 Å². The number of carbonyl (C=O) groups is 2. The third-order valence-corrected chi connectivity index (χ3v) is 4.09. The van der Waals surface area contributed by atoms with E-state index in [1.165, 1.54) is 38.8 Å². The normalized spacial score (nSPS) is 14.7. The molecule has 7 heteroatoms. The van der Waals surface area contributed by atoms with E-state index in [0.717, 1.165) is 30.2 Å². The van der Waals surface area contributed by atoms with Gasteiger partial charge in [0.25, 0.3) is 0 Å². The Bertz CT molecular complexity index is 609. The number of hydrogen-bond acceptors (Lipinski definition) is 5. The van der Waals surface area contributed by atoms with Gasteiger partial charge in [-0.25, -0.2) is 9.59 Å². The summed E-state index contributed by atoms with van der Waals surface area (Å²) in [4.78, 5) is 20.7. The SMILES string of the molecule is C/C=C/c1ccc(OCCN2CCCCCC2)c(OC)c1.O=C(O)C(=O)O. The van der Waals surface area contributed by atoms with Crippen LogP contribution in [0.25, 0.3) is 6.08 Å². The minimum absolute atomic E-state index is 0.722. The van der Waals surface area contributed by atoms with E-state index in [4.69, 9.17) is 29.3 Å². The second-order valence-electron chi connectivity index (χ2n) is 6.12. The average molecular weight is 379 g/mol. The van der Waals surface area contributed by atoms with Crippen LogP contribution in [-0.4, -0.2) is 60.4 Å². The van der Waals surface area contributed by atoms with E-state index in [0.29, 0.717) is 0 Å². The fourth-order valence-electron chi connectivity index (χ4n) is 2.74. The molecule has 1 aromatic carbocycles. The van der Waals surface area contributed by atoms with Gasteiger partial charge in [-0.2, -0.15) is 0 Å². The molecule has 1 fully saturated rings. The summed E-state index contributed by atoms with van der Waals surface area (Å²) in [5, 5.41) is 14.8. The molecule has 0 amide bonds. The average Bonchev–Trinajstić information content (AvgIpc) is 2.92. The molecule has 0 bridgehead atoms. The molecule has 0 spiro atoms. The summed E-state index contributed by atoms with van der Waals surface area (Å²) in [6, 6.07) is 6.07. The molecule has 7 nitrogen and oxygen atoms in total. The topological polar surface area (TPSA) is 96.3 Å². The summed E-state index contributed by atoms with van der Waals surface area (Å²) in [6.45, 7) is 6.15. The minimum atomic E-state index is -1.82. The van der Waals surface area contributed by atoms with Crippen molar-refractivity contribution in [1.29, 1.82) is 0 Å². The molecule has 1 aliphatic rings. The minimum Gasteiger partial charge on any atom is -0.493 e. The molecule has 1 saturated heterocycles. The highest BCUT2D eigenvalue weighted by atomic mass is 16.5. The second-order valence-corrected chi connectivity index (χ2v) is 6.12. The summed E-state index contributed by atoms with van der Waals surface area (Å²) >= 11 is 0. The molecule has 0 atom stereocenters. The Morgan fingerprint density at radius 1 is 1.07 bits per heavy atom. The van der Waals surface area contributed by atoms with Crippen molar-refractivity contribution in [3.05, 3.63) is 29.8 Å². The third kappa shape index (κ3) is 9.10. The highest BCUT2D eigenvalue weighted by molar-refractivity contribution is 6.27. The van der Waals surface area contributed by atoms with Gasteiger partial charge in [0.1, 0.15) is 6.61 Å². The first kappa shape index (κ1) is 22.5. The number of rotatable bonds is 6. The van der Waals surface area contributed by atoms with Gasteiger partial charge in [-0.15, -0.1) is 0 Å². The van der Waals surface area contributed by atoms with Crippen molar-refractivity contribution in [3.8, 4) is 11.5 Å². The monoisotopic (exact) mass is 379 g/mol. The summed E-state index contributed by atoms with van der Waals surface area (Å²) in [6.07, 6.45) is 9.47. The number of ether oxygens (including phenoxy) is 2. The Labute approximate surface area is 160 Å². The molecule has 0 aromatic heterocycles. The number of nitrogens with zero attached hydrogens (tertiary/aromatic N) is 1. The molecular weight excluding hydrogens is 350 g/mol. The van der Waals surface area contributed by atoms with Gasteiger partial charge in [-0.1, -0.05) is 31.1 Å². The molecule has 1 aliphatic heterocycles. The Morgan fingerprint density at radius 2 is 1.70 bits per heavy atom. The van der Waals surface area contributed by atoms with Gasteiger partial charge in [0, 0.05) is 6.54 Å². The maximum atomic E-state index is 9.10. The Balaban J connectivity index is 0.000000527. The van der Waals surface area contributed by atoms with Crippen LogP contribution >= 0.6 is 0 Å². The van der Waals surface area contributed by atoms with Crippen molar-refractivity contribution in [1.82, 2.24) is 4.90 Å². The lowest BCUT2D eigenvalue weighted by Crippen LogP contribution is -2.29. The van der Waals surface area contributed by atoms with Crippen LogP contribution in [0.4, 0.5) is 0 Å². The molecule has 0 aliphatic carbocycles. The van der Waals surface area contributed by atoms with E-state index >= 15 is 0 Å². The fourth-order valence-corrected chi connectivity index (χ4v) is 2.74. The highest BCUT2D eigenvalue weighted by Gasteiger charge is 2.10. The maximum absolute atomic E-state index is 9.10. The van der Waals surface area contributed by atoms with Crippen LogP contribution < -0.4 is 9.47 Å². The molecule has 1 aromatic rings. The van der Waals surface area contributed by atoms with Crippen LogP contribution in [0.2, 0.25) is 0 Å². The molecule has 2 rings (SSSR count). The highest BCUT2D eigenvalue weighted by Crippen LogP contribution is 2.28. The van der Waals surface area contributed by atoms with Crippen molar-refractivity contribution >= 4 is 18.0 Å². The van der Waals surface area contributed by atoms with Gasteiger partial charge >= 0.3 is 11.9 Å². The second kappa shape index (κ2) is 12.8. The summed E-state index contributed by atoms with van der Waals surface area (Å²) in [5.74, 6) is -2.01. The zero-order chi connectivity index (χ0) is 20.1. The van der Waals surface area contributed by atoms with E-state index in [-0.39, 0.29) is 0 Å². The van der Waals surface area contributed by atoms with Crippen molar-refractivity contribution in [2.45, 2.75) is 32.6 Å². The van der Waals surface area contributed by atoms with E-state index in [1.54, 1.807) is 7.11 Å². The number of methoxy groups -OCH3 is 1. The van der Waals surface area contributed by atoms with Crippen LogP contribution in [0.1, 0.15) is 38.2 Å². The molecule has 0 radical (unpaired) electrons. The smallest absolute Gasteiger partial charge is 0.414 e. The largest absolute Gasteiger partial charge is 0.493 e. The van der Waals surface area contributed by atoms with Gasteiger partial charge in [0.2, 0.25) is 0 Å². The van der Waals surface area contributed by atoms with Gasteiger partial charge in [0.15, 0.2) is 11.5 Å². The van der Waals surface area contributed by atoms with Crippen LogP contribution in [0.3, 0.4) is 0 Å².